The Morgan fingerprint density at radius 1 is 1.53 bits per heavy atom. The van der Waals surface area contributed by atoms with Crippen molar-refractivity contribution in [2.24, 2.45) is 0 Å². The van der Waals surface area contributed by atoms with Crippen molar-refractivity contribution in [3.63, 3.8) is 0 Å². The number of hydrogen-bond donors (Lipinski definition) is 1. The monoisotopic (exact) mass is 234 g/mol. The number of carbonyl (C=O) groups is 1. The smallest absolute Gasteiger partial charge is 0.325 e. The maximum atomic E-state index is 11.9. The fourth-order valence-electron chi connectivity index (χ4n) is 1.78. The summed E-state index contributed by atoms with van der Waals surface area (Å²) >= 11 is 0. The molecule has 0 unspecified atom stereocenters. The molecule has 7 heteroatoms. The number of nitrogens with zero attached hydrogens (tertiary/aromatic N) is 4. The van der Waals surface area contributed by atoms with Gasteiger partial charge in [-0.2, -0.15) is 10.2 Å². The standard InChI is InChI=1S/C10H10N4O3/c15-9(16)4-13-10(17)8-3-7(6-1-2-6)12-14(8)5-11-13/h3,5-6H,1-2,4H2,(H,15,16). The molecule has 7 nitrogen and oxygen atoms in total. The molecule has 0 radical (unpaired) electrons. The van der Waals surface area contributed by atoms with Gasteiger partial charge in [0.05, 0.1) is 5.69 Å². The molecule has 0 atom stereocenters. The van der Waals surface area contributed by atoms with Crippen molar-refractivity contribution in [1.29, 1.82) is 0 Å². The van der Waals surface area contributed by atoms with Gasteiger partial charge in [-0.15, -0.1) is 0 Å². The van der Waals surface area contributed by atoms with Gasteiger partial charge in [0.15, 0.2) is 0 Å². The number of carboxylic acid groups (broad SMARTS) is 1. The molecule has 0 saturated heterocycles. The lowest BCUT2D eigenvalue weighted by molar-refractivity contribution is -0.138. The topological polar surface area (TPSA) is 89.5 Å². The lowest BCUT2D eigenvalue weighted by Crippen LogP contribution is -2.27. The molecule has 0 amide bonds. The highest BCUT2D eigenvalue weighted by Crippen LogP contribution is 2.39. The maximum absolute atomic E-state index is 11.9. The Kier molecular flexibility index (Phi) is 2.01. The zero-order valence-corrected chi connectivity index (χ0v) is 8.91. The Hall–Kier alpha value is -2.18. The van der Waals surface area contributed by atoms with Crippen LogP contribution in [0.2, 0.25) is 0 Å². The second kappa shape index (κ2) is 3.41. The summed E-state index contributed by atoms with van der Waals surface area (Å²) in [7, 11) is 0. The molecule has 1 N–H and O–H groups in total. The van der Waals surface area contributed by atoms with Crippen LogP contribution < -0.4 is 5.56 Å². The highest BCUT2D eigenvalue weighted by Gasteiger charge is 2.27. The van der Waals surface area contributed by atoms with Crippen LogP contribution >= 0.6 is 0 Å². The third-order valence-electron chi connectivity index (χ3n) is 2.79. The van der Waals surface area contributed by atoms with Crippen molar-refractivity contribution in [3.05, 3.63) is 28.4 Å². The van der Waals surface area contributed by atoms with E-state index in [0.717, 1.165) is 23.2 Å². The van der Waals surface area contributed by atoms with Gasteiger partial charge in [0.25, 0.3) is 5.56 Å². The number of carboxylic acids is 1. The van der Waals surface area contributed by atoms with Crippen LogP contribution in [-0.4, -0.2) is 30.5 Å². The van der Waals surface area contributed by atoms with E-state index in [0.29, 0.717) is 11.4 Å². The molecule has 17 heavy (non-hydrogen) atoms. The molecular formula is C10H10N4O3. The third kappa shape index (κ3) is 1.69. The van der Waals surface area contributed by atoms with E-state index in [4.69, 9.17) is 5.11 Å². The molecule has 3 rings (SSSR count). The zero-order chi connectivity index (χ0) is 12.0. The Labute approximate surface area is 95.3 Å². The van der Waals surface area contributed by atoms with Crippen molar-refractivity contribution in [2.45, 2.75) is 25.3 Å². The summed E-state index contributed by atoms with van der Waals surface area (Å²) in [6.45, 7) is -0.431. The van der Waals surface area contributed by atoms with Crippen molar-refractivity contribution in [2.75, 3.05) is 0 Å². The molecule has 2 aromatic heterocycles. The van der Waals surface area contributed by atoms with E-state index in [2.05, 4.69) is 10.2 Å². The molecular weight excluding hydrogens is 224 g/mol. The Morgan fingerprint density at radius 3 is 2.94 bits per heavy atom. The highest BCUT2D eigenvalue weighted by molar-refractivity contribution is 5.66. The van der Waals surface area contributed by atoms with Crippen LogP contribution in [0.5, 0.6) is 0 Å². The van der Waals surface area contributed by atoms with Crippen molar-refractivity contribution in [1.82, 2.24) is 19.4 Å². The summed E-state index contributed by atoms with van der Waals surface area (Å²) in [4.78, 5) is 22.5. The first-order valence-electron chi connectivity index (χ1n) is 5.32. The Morgan fingerprint density at radius 2 is 2.29 bits per heavy atom. The predicted octanol–water partition coefficient (Wildman–Crippen LogP) is -0.147. The number of fused-ring (bicyclic) bond motifs is 1. The number of aliphatic carboxylic acids is 1. The fraction of sp³-hybridized carbons (Fsp3) is 0.400. The Bertz CT molecular complexity index is 653. The molecule has 2 aromatic rings. The van der Waals surface area contributed by atoms with Crippen LogP contribution in [0.1, 0.15) is 24.5 Å². The van der Waals surface area contributed by atoms with Gasteiger partial charge in [0.2, 0.25) is 0 Å². The van der Waals surface area contributed by atoms with E-state index < -0.39 is 18.1 Å². The number of hydrogen-bond acceptors (Lipinski definition) is 4. The molecule has 1 aliphatic carbocycles. The lowest BCUT2D eigenvalue weighted by atomic mass is 10.3. The average molecular weight is 234 g/mol. The molecule has 1 aliphatic rings. The van der Waals surface area contributed by atoms with Gasteiger partial charge in [-0.1, -0.05) is 0 Å². The molecule has 1 saturated carbocycles. The first-order chi connectivity index (χ1) is 8.15. The van der Waals surface area contributed by atoms with Crippen molar-refractivity contribution in [3.8, 4) is 0 Å². The summed E-state index contributed by atoms with van der Waals surface area (Å²) in [5.74, 6) is -0.645. The Balaban J connectivity index is 2.12. The molecule has 0 spiro atoms. The molecule has 0 aliphatic heterocycles. The van der Waals surface area contributed by atoms with Crippen molar-refractivity contribution < 1.29 is 9.90 Å². The van der Waals surface area contributed by atoms with Gasteiger partial charge >= 0.3 is 5.97 Å². The van der Waals surface area contributed by atoms with Crippen LogP contribution in [0, 0.1) is 0 Å². The summed E-state index contributed by atoms with van der Waals surface area (Å²) in [6.07, 6.45) is 3.56. The van der Waals surface area contributed by atoms with Gasteiger partial charge in [-0.25, -0.2) is 9.20 Å². The molecule has 0 aromatic carbocycles. The summed E-state index contributed by atoms with van der Waals surface area (Å²) in [5.41, 5.74) is 0.842. The number of rotatable bonds is 3. The minimum absolute atomic E-state index is 0.378. The van der Waals surface area contributed by atoms with Gasteiger partial charge < -0.3 is 5.11 Å². The van der Waals surface area contributed by atoms with E-state index in [1.165, 1.54) is 10.8 Å². The van der Waals surface area contributed by atoms with Gasteiger partial charge in [0.1, 0.15) is 18.4 Å². The zero-order valence-electron chi connectivity index (χ0n) is 8.91. The largest absolute Gasteiger partial charge is 0.480 e. The minimum atomic E-state index is -1.09. The normalized spacial score (nSPS) is 15.3. The quantitative estimate of drug-likeness (QED) is 0.797. The van der Waals surface area contributed by atoms with E-state index in [-0.39, 0.29) is 0 Å². The van der Waals surface area contributed by atoms with Crippen LogP contribution in [0.3, 0.4) is 0 Å². The first-order valence-corrected chi connectivity index (χ1v) is 5.32. The fourth-order valence-corrected chi connectivity index (χ4v) is 1.78. The van der Waals surface area contributed by atoms with Crippen LogP contribution in [0.25, 0.3) is 5.52 Å². The third-order valence-corrected chi connectivity index (χ3v) is 2.79. The van der Waals surface area contributed by atoms with Crippen molar-refractivity contribution >= 4 is 11.5 Å². The molecule has 1 fully saturated rings. The van der Waals surface area contributed by atoms with Crippen LogP contribution in [-0.2, 0) is 11.3 Å². The van der Waals surface area contributed by atoms with E-state index in [9.17, 15) is 9.59 Å². The SMILES string of the molecule is O=C(O)Cn1ncn2nc(C3CC3)cc2c1=O. The number of aromatic nitrogens is 4. The van der Waals surface area contributed by atoms with Gasteiger partial charge in [-0.3, -0.25) is 9.59 Å². The lowest BCUT2D eigenvalue weighted by Gasteiger charge is -1.99. The molecule has 2 heterocycles. The first kappa shape index (κ1) is 10.0. The van der Waals surface area contributed by atoms with Gasteiger partial charge in [0, 0.05) is 5.92 Å². The second-order valence-corrected chi connectivity index (χ2v) is 4.16. The minimum Gasteiger partial charge on any atom is -0.480 e. The molecule has 0 bridgehead atoms. The second-order valence-electron chi connectivity index (χ2n) is 4.16. The highest BCUT2D eigenvalue weighted by atomic mass is 16.4. The maximum Gasteiger partial charge on any atom is 0.325 e. The van der Waals surface area contributed by atoms with E-state index >= 15 is 0 Å². The van der Waals surface area contributed by atoms with Gasteiger partial charge in [-0.05, 0) is 18.9 Å². The predicted molar refractivity (Wildman–Crippen MR) is 56.9 cm³/mol. The average Bonchev–Trinajstić information content (AvgIpc) is 3.02. The van der Waals surface area contributed by atoms with Crippen LogP contribution in [0.4, 0.5) is 0 Å². The van der Waals surface area contributed by atoms with E-state index in [1.54, 1.807) is 6.07 Å². The van der Waals surface area contributed by atoms with Crippen LogP contribution in [0.15, 0.2) is 17.2 Å². The summed E-state index contributed by atoms with van der Waals surface area (Å²) < 4.78 is 2.34. The summed E-state index contributed by atoms with van der Waals surface area (Å²) in [5, 5.41) is 16.7. The summed E-state index contributed by atoms with van der Waals surface area (Å²) in [6, 6.07) is 1.72. The van der Waals surface area contributed by atoms with E-state index in [1.807, 2.05) is 0 Å². The molecule has 88 valence electrons.